The number of carbonyl (C=O) groups is 2. The lowest BCUT2D eigenvalue weighted by atomic mass is 9.76. The van der Waals surface area contributed by atoms with Crippen molar-refractivity contribution in [2.75, 3.05) is 13.7 Å². The molecular weight excluding hydrogens is 402 g/mol. The number of hydrogen-bond donors (Lipinski definition) is 1. The average Bonchev–Trinajstić information content (AvgIpc) is 3.25. The highest BCUT2D eigenvalue weighted by atomic mass is 35.5. The normalized spacial score (nSPS) is 23.6. The minimum absolute atomic E-state index is 0.0751. The van der Waals surface area contributed by atoms with E-state index in [0.29, 0.717) is 12.3 Å². The highest BCUT2D eigenvalue weighted by Crippen LogP contribution is 2.46. The van der Waals surface area contributed by atoms with Crippen LogP contribution in [0.3, 0.4) is 0 Å². The molecule has 1 aromatic rings. The zero-order chi connectivity index (χ0) is 21.9. The van der Waals surface area contributed by atoms with Gasteiger partial charge in [0.25, 0.3) is 0 Å². The lowest BCUT2D eigenvalue weighted by molar-refractivity contribution is -0.163. The molecule has 1 N–H and O–H groups in total. The summed E-state index contributed by atoms with van der Waals surface area (Å²) in [4.78, 5) is 26.1. The van der Waals surface area contributed by atoms with E-state index < -0.39 is 16.9 Å². The molecule has 2 fully saturated rings. The number of rotatable bonds is 8. The van der Waals surface area contributed by atoms with Crippen molar-refractivity contribution in [3.05, 3.63) is 34.9 Å². The number of methoxy groups -OCH3 is 1. The van der Waals surface area contributed by atoms with E-state index in [0.717, 1.165) is 37.1 Å². The maximum Gasteiger partial charge on any atom is 0.311 e. The molecule has 0 bridgehead atoms. The molecule has 0 heterocycles. The molecule has 0 radical (unpaired) electrons. The second kappa shape index (κ2) is 9.27. The summed E-state index contributed by atoms with van der Waals surface area (Å²) in [5.41, 5.74) is 0.123. The van der Waals surface area contributed by atoms with Crippen LogP contribution < -0.4 is 5.32 Å². The second-order valence-electron chi connectivity index (χ2n) is 9.85. The molecule has 3 atom stereocenters. The van der Waals surface area contributed by atoms with Crippen LogP contribution >= 0.6 is 11.6 Å². The molecule has 0 saturated heterocycles. The Labute approximate surface area is 184 Å². The summed E-state index contributed by atoms with van der Waals surface area (Å²) in [5.74, 6) is -0.311. The van der Waals surface area contributed by atoms with E-state index in [1.54, 1.807) is 7.11 Å². The van der Waals surface area contributed by atoms with Gasteiger partial charge in [-0.05, 0) is 64.2 Å². The largest absolute Gasteiger partial charge is 0.460 e. The molecule has 0 aliphatic heterocycles. The third-order valence-corrected chi connectivity index (χ3v) is 6.44. The molecule has 2 saturated carbocycles. The van der Waals surface area contributed by atoms with Gasteiger partial charge in [0.2, 0.25) is 5.91 Å². The number of esters is 1. The van der Waals surface area contributed by atoms with Crippen molar-refractivity contribution in [2.45, 2.75) is 76.9 Å². The van der Waals surface area contributed by atoms with Crippen LogP contribution in [0.4, 0.5) is 0 Å². The zero-order valence-corrected chi connectivity index (χ0v) is 19.3. The Balaban J connectivity index is 1.66. The van der Waals surface area contributed by atoms with Crippen molar-refractivity contribution in [2.24, 2.45) is 11.3 Å². The van der Waals surface area contributed by atoms with Crippen LogP contribution in [-0.4, -0.2) is 37.2 Å². The maximum absolute atomic E-state index is 13.4. The molecule has 5 nitrogen and oxygen atoms in total. The van der Waals surface area contributed by atoms with Crippen molar-refractivity contribution in [1.29, 1.82) is 0 Å². The fraction of sp³-hybridized carbons (Fsp3) is 0.667. The van der Waals surface area contributed by atoms with Crippen molar-refractivity contribution in [3.63, 3.8) is 0 Å². The second-order valence-corrected chi connectivity index (χ2v) is 10.3. The minimum atomic E-state index is -0.562. The Morgan fingerprint density at radius 1 is 1.20 bits per heavy atom. The van der Waals surface area contributed by atoms with Gasteiger partial charge in [0.05, 0.1) is 17.9 Å². The topological polar surface area (TPSA) is 64.6 Å². The zero-order valence-electron chi connectivity index (χ0n) is 18.5. The third kappa shape index (κ3) is 5.76. The Morgan fingerprint density at radius 3 is 2.40 bits per heavy atom. The molecule has 0 aromatic heterocycles. The van der Waals surface area contributed by atoms with Gasteiger partial charge in [-0.25, -0.2) is 0 Å². The van der Waals surface area contributed by atoms with Crippen LogP contribution in [0.2, 0.25) is 5.02 Å². The van der Waals surface area contributed by atoms with Crippen LogP contribution in [0.5, 0.6) is 0 Å². The van der Waals surface area contributed by atoms with Crippen molar-refractivity contribution in [3.8, 4) is 0 Å². The van der Waals surface area contributed by atoms with Gasteiger partial charge in [0, 0.05) is 24.1 Å². The molecule has 166 valence electrons. The standard InChI is InChI=1S/C24H34ClNO4/c1-23(2,3)30-21(27)17(15-29-4)14-24(11-5-6-12-24)22(28)26-20-13-19(20)16-7-9-18(25)10-8-16/h7-10,17,19-20H,5-6,11-15H2,1-4H3,(H,26,28). The number of benzene rings is 1. The van der Waals surface area contributed by atoms with Gasteiger partial charge < -0.3 is 14.8 Å². The first-order valence-corrected chi connectivity index (χ1v) is 11.3. The summed E-state index contributed by atoms with van der Waals surface area (Å²) in [6.45, 7) is 5.84. The van der Waals surface area contributed by atoms with Gasteiger partial charge in [-0.3, -0.25) is 9.59 Å². The predicted octanol–water partition coefficient (Wildman–Crippen LogP) is 4.87. The Kier molecular flexibility index (Phi) is 7.13. The quantitative estimate of drug-likeness (QED) is 0.592. The smallest absolute Gasteiger partial charge is 0.311 e. The first-order valence-electron chi connectivity index (χ1n) is 10.9. The summed E-state index contributed by atoms with van der Waals surface area (Å²) >= 11 is 5.98. The van der Waals surface area contributed by atoms with Gasteiger partial charge in [-0.1, -0.05) is 36.6 Å². The molecule has 2 aliphatic rings. The number of amides is 1. The van der Waals surface area contributed by atoms with E-state index >= 15 is 0 Å². The predicted molar refractivity (Wildman–Crippen MR) is 117 cm³/mol. The van der Waals surface area contributed by atoms with E-state index in [-0.39, 0.29) is 24.5 Å². The fourth-order valence-electron chi connectivity index (χ4n) is 4.60. The Hall–Kier alpha value is -1.59. The maximum atomic E-state index is 13.4. The van der Waals surface area contributed by atoms with E-state index in [9.17, 15) is 9.59 Å². The van der Waals surface area contributed by atoms with Gasteiger partial charge >= 0.3 is 5.97 Å². The Bertz CT molecular complexity index is 749. The summed E-state index contributed by atoms with van der Waals surface area (Å²) in [6.07, 6.45) is 5.04. The average molecular weight is 436 g/mol. The number of carbonyl (C=O) groups excluding carboxylic acids is 2. The number of hydrogen-bond acceptors (Lipinski definition) is 4. The molecule has 3 unspecified atom stereocenters. The van der Waals surface area contributed by atoms with Crippen LogP contribution in [0, 0.1) is 11.3 Å². The summed E-state index contributed by atoms with van der Waals surface area (Å²) in [7, 11) is 1.58. The SMILES string of the molecule is COCC(CC1(C(=O)NC2CC2c2ccc(Cl)cc2)CCCC1)C(=O)OC(C)(C)C. The molecule has 2 aliphatic carbocycles. The van der Waals surface area contributed by atoms with Crippen molar-refractivity contribution >= 4 is 23.5 Å². The van der Waals surface area contributed by atoms with Gasteiger partial charge in [-0.2, -0.15) is 0 Å². The number of halogens is 1. The van der Waals surface area contributed by atoms with Crippen LogP contribution in [-0.2, 0) is 19.1 Å². The molecule has 6 heteroatoms. The van der Waals surface area contributed by atoms with E-state index in [1.165, 1.54) is 5.56 Å². The minimum Gasteiger partial charge on any atom is -0.460 e. The van der Waals surface area contributed by atoms with Crippen LogP contribution in [0.1, 0.15) is 70.8 Å². The summed E-state index contributed by atoms with van der Waals surface area (Å²) in [5, 5.41) is 3.99. The van der Waals surface area contributed by atoms with Crippen LogP contribution in [0.25, 0.3) is 0 Å². The Morgan fingerprint density at radius 2 is 1.83 bits per heavy atom. The van der Waals surface area contributed by atoms with Gasteiger partial charge in [0.1, 0.15) is 5.60 Å². The van der Waals surface area contributed by atoms with E-state index in [1.807, 2.05) is 45.0 Å². The fourth-order valence-corrected chi connectivity index (χ4v) is 4.72. The first-order chi connectivity index (χ1) is 14.1. The van der Waals surface area contributed by atoms with Gasteiger partial charge in [-0.15, -0.1) is 0 Å². The van der Waals surface area contributed by atoms with E-state index in [4.69, 9.17) is 21.1 Å². The summed E-state index contributed by atoms with van der Waals surface area (Å²) < 4.78 is 10.9. The highest BCUT2D eigenvalue weighted by molar-refractivity contribution is 6.30. The number of nitrogens with one attached hydrogen (secondary N) is 1. The third-order valence-electron chi connectivity index (χ3n) is 6.19. The highest BCUT2D eigenvalue weighted by Gasteiger charge is 2.48. The van der Waals surface area contributed by atoms with Crippen LogP contribution in [0.15, 0.2) is 24.3 Å². The monoisotopic (exact) mass is 435 g/mol. The van der Waals surface area contributed by atoms with E-state index in [2.05, 4.69) is 5.32 Å². The van der Waals surface area contributed by atoms with Gasteiger partial charge in [0.15, 0.2) is 0 Å². The molecule has 3 rings (SSSR count). The molecule has 0 spiro atoms. The molecule has 30 heavy (non-hydrogen) atoms. The molecule has 1 amide bonds. The van der Waals surface area contributed by atoms with Crippen molar-refractivity contribution in [1.82, 2.24) is 5.32 Å². The number of ether oxygens (including phenoxy) is 2. The van der Waals surface area contributed by atoms with Crippen molar-refractivity contribution < 1.29 is 19.1 Å². The lowest BCUT2D eigenvalue weighted by Gasteiger charge is -2.32. The molecule has 1 aromatic carbocycles. The summed E-state index contributed by atoms with van der Waals surface area (Å²) in [6, 6.07) is 7.99. The lowest BCUT2D eigenvalue weighted by Crippen LogP contribution is -2.44. The molecular formula is C24H34ClNO4. The first kappa shape index (κ1) is 23.1.